The Balaban J connectivity index is 2.44. The van der Waals surface area contributed by atoms with Crippen LogP contribution in [0, 0.1) is 25.7 Å². The van der Waals surface area contributed by atoms with Gasteiger partial charge in [0.2, 0.25) is 0 Å². The van der Waals surface area contributed by atoms with Crippen molar-refractivity contribution in [3.8, 4) is 0 Å². The van der Waals surface area contributed by atoms with E-state index in [1.807, 2.05) is 6.92 Å². The van der Waals surface area contributed by atoms with Crippen molar-refractivity contribution in [2.45, 2.75) is 53.7 Å². The van der Waals surface area contributed by atoms with Gasteiger partial charge in [-0.2, -0.15) is 0 Å². The van der Waals surface area contributed by atoms with Crippen LogP contribution in [0.1, 0.15) is 44.0 Å². The molecule has 3 nitrogen and oxygen atoms in total. The maximum Gasteiger partial charge on any atom is 0.134 e. The highest BCUT2D eigenvalue weighted by Crippen LogP contribution is 2.33. The predicted molar refractivity (Wildman–Crippen MR) is 79.4 cm³/mol. The van der Waals surface area contributed by atoms with Crippen LogP contribution in [0.4, 0.5) is 5.82 Å². The molecule has 0 radical (unpaired) electrons. The highest BCUT2D eigenvalue weighted by molar-refractivity contribution is 5.52. The third-order valence-electron chi connectivity index (χ3n) is 4.48. The molecule has 1 saturated heterocycles. The number of pyridine rings is 1. The molecule has 0 aliphatic carbocycles. The number of aromatic nitrogens is 1. The molecule has 2 rings (SSSR count). The number of hydrogen-bond donors (Lipinski definition) is 1. The summed E-state index contributed by atoms with van der Waals surface area (Å²) in [6.07, 6.45) is 1.27. The quantitative estimate of drug-likeness (QED) is 0.890. The molecule has 1 aliphatic rings. The Labute approximate surface area is 116 Å². The number of aryl methyl sites for hydroxylation is 2. The SMILES string of the molecule is Cc1cc(C)c(CO)c(N2CC(C)CC(C)C2C)n1. The number of aliphatic hydroxyl groups is 1. The predicted octanol–water partition coefficient (Wildman–Crippen LogP) is 3.06. The van der Waals surface area contributed by atoms with Crippen LogP contribution in [-0.2, 0) is 6.61 Å². The number of hydrogen-bond acceptors (Lipinski definition) is 3. The van der Waals surface area contributed by atoms with Gasteiger partial charge >= 0.3 is 0 Å². The average molecular weight is 262 g/mol. The summed E-state index contributed by atoms with van der Waals surface area (Å²) in [5.74, 6) is 2.34. The molecule has 3 unspecified atom stereocenters. The van der Waals surface area contributed by atoms with Gasteiger partial charge in [0.05, 0.1) is 6.61 Å². The zero-order valence-corrected chi connectivity index (χ0v) is 12.8. The molecule has 0 saturated carbocycles. The lowest BCUT2D eigenvalue weighted by molar-refractivity contribution is 0.273. The largest absolute Gasteiger partial charge is 0.392 e. The fraction of sp³-hybridized carbons (Fsp3) is 0.688. The van der Waals surface area contributed by atoms with Crippen LogP contribution in [-0.4, -0.2) is 22.7 Å². The van der Waals surface area contributed by atoms with E-state index < -0.39 is 0 Å². The van der Waals surface area contributed by atoms with Crippen LogP contribution in [0.15, 0.2) is 6.07 Å². The second kappa shape index (κ2) is 5.49. The first-order chi connectivity index (χ1) is 8.93. The Morgan fingerprint density at radius 2 is 2.00 bits per heavy atom. The molecule has 1 aromatic rings. The second-order valence-electron chi connectivity index (χ2n) is 6.25. The molecule has 2 heterocycles. The first-order valence-electron chi connectivity index (χ1n) is 7.28. The summed E-state index contributed by atoms with van der Waals surface area (Å²) in [5, 5.41) is 9.67. The molecule has 106 valence electrons. The topological polar surface area (TPSA) is 36.4 Å². The van der Waals surface area contributed by atoms with Gasteiger partial charge in [-0.25, -0.2) is 4.98 Å². The molecule has 3 atom stereocenters. The van der Waals surface area contributed by atoms with E-state index in [-0.39, 0.29) is 6.61 Å². The van der Waals surface area contributed by atoms with Crippen LogP contribution < -0.4 is 4.90 Å². The molecule has 0 spiro atoms. The van der Waals surface area contributed by atoms with E-state index in [4.69, 9.17) is 4.98 Å². The van der Waals surface area contributed by atoms with Crippen molar-refractivity contribution in [1.82, 2.24) is 4.98 Å². The number of nitrogens with zero attached hydrogens (tertiary/aromatic N) is 2. The molecule has 0 amide bonds. The monoisotopic (exact) mass is 262 g/mol. The van der Waals surface area contributed by atoms with Gasteiger partial charge in [0.15, 0.2) is 0 Å². The van der Waals surface area contributed by atoms with Crippen LogP contribution in [0.5, 0.6) is 0 Å². The highest BCUT2D eigenvalue weighted by atomic mass is 16.3. The van der Waals surface area contributed by atoms with E-state index in [0.717, 1.165) is 29.2 Å². The minimum absolute atomic E-state index is 0.0699. The van der Waals surface area contributed by atoms with Crippen molar-refractivity contribution in [3.05, 3.63) is 22.9 Å². The minimum atomic E-state index is 0.0699. The molecular formula is C16H26N2O. The van der Waals surface area contributed by atoms with Crippen molar-refractivity contribution in [2.75, 3.05) is 11.4 Å². The summed E-state index contributed by atoms with van der Waals surface area (Å²) < 4.78 is 0. The van der Waals surface area contributed by atoms with Gasteiger partial charge in [-0.1, -0.05) is 13.8 Å². The Morgan fingerprint density at radius 1 is 1.32 bits per heavy atom. The summed E-state index contributed by atoms with van der Waals surface area (Å²) >= 11 is 0. The van der Waals surface area contributed by atoms with Crippen LogP contribution >= 0.6 is 0 Å². The highest BCUT2D eigenvalue weighted by Gasteiger charge is 2.31. The number of anilines is 1. The third kappa shape index (κ3) is 2.76. The third-order valence-corrected chi connectivity index (χ3v) is 4.48. The molecule has 1 fully saturated rings. The fourth-order valence-electron chi connectivity index (χ4n) is 3.27. The van der Waals surface area contributed by atoms with Crippen molar-refractivity contribution < 1.29 is 5.11 Å². The molecule has 19 heavy (non-hydrogen) atoms. The molecule has 0 aromatic carbocycles. The molecule has 1 N–H and O–H groups in total. The van der Waals surface area contributed by atoms with Crippen molar-refractivity contribution in [3.63, 3.8) is 0 Å². The standard InChI is InChI=1S/C16H26N2O/c1-10-6-11(2)14(5)18(8-10)16-15(9-19)12(3)7-13(4)17-16/h7,10-11,14,19H,6,8-9H2,1-5H3. The summed E-state index contributed by atoms with van der Waals surface area (Å²) in [4.78, 5) is 7.11. The van der Waals surface area contributed by atoms with E-state index >= 15 is 0 Å². The molecule has 1 aromatic heterocycles. The molecule has 0 bridgehead atoms. The Bertz CT molecular complexity index is 458. The minimum Gasteiger partial charge on any atom is -0.392 e. The average Bonchev–Trinajstić information content (AvgIpc) is 2.33. The van der Waals surface area contributed by atoms with Gasteiger partial charge < -0.3 is 10.0 Å². The lowest BCUT2D eigenvalue weighted by Gasteiger charge is -2.42. The van der Waals surface area contributed by atoms with Gasteiger partial charge in [-0.05, 0) is 50.7 Å². The normalized spacial score (nSPS) is 27.7. The maximum absolute atomic E-state index is 9.67. The first-order valence-corrected chi connectivity index (χ1v) is 7.28. The molecule has 3 heteroatoms. The molecular weight excluding hydrogens is 236 g/mol. The van der Waals surface area contributed by atoms with E-state index in [1.54, 1.807) is 0 Å². The van der Waals surface area contributed by atoms with Crippen molar-refractivity contribution >= 4 is 5.82 Å². The van der Waals surface area contributed by atoms with Crippen LogP contribution in [0.2, 0.25) is 0 Å². The first kappa shape index (κ1) is 14.3. The van der Waals surface area contributed by atoms with Crippen LogP contribution in [0.25, 0.3) is 0 Å². The summed E-state index contributed by atoms with van der Waals surface area (Å²) in [6.45, 7) is 12.1. The Kier molecular flexibility index (Phi) is 4.14. The van der Waals surface area contributed by atoms with E-state index in [0.29, 0.717) is 17.9 Å². The summed E-state index contributed by atoms with van der Waals surface area (Å²) in [6, 6.07) is 2.53. The number of aliphatic hydroxyl groups excluding tert-OH is 1. The van der Waals surface area contributed by atoms with E-state index in [9.17, 15) is 5.11 Å². The van der Waals surface area contributed by atoms with Gasteiger partial charge in [0, 0.05) is 23.8 Å². The van der Waals surface area contributed by atoms with Gasteiger partial charge in [0.25, 0.3) is 0 Å². The van der Waals surface area contributed by atoms with Crippen LogP contribution in [0.3, 0.4) is 0 Å². The Morgan fingerprint density at radius 3 is 2.63 bits per heavy atom. The summed E-state index contributed by atoms with van der Waals surface area (Å²) in [5.41, 5.74) is 3.16. The fourth-order valence-corrected chi connectivity index (χ4v) is 3.27. The Hall–Kier alpha value is -1.09. The van der Waals surface area contributed by atoms with Gasteiger partial charge in [-0.15, -0.1) is 0 Å². The second-order valence-corrected chi connectivity index (χ2v) is 6.25. The zero-order valence-electron chi connectivity index (χ0n) is 12.8. The lowest BCUT2D eigenvalue weighted by Crippen LogP contribution is -2.46. The maximum atomic E-state index is 9.67. The van der Waals surface area contributed by atoms with Crippen molar-refractivity contribution in [1.29, 1.82) is 0 Å². The van der Waals surface area contributed by atoms with Crippen molar-refractivity contribution in [2.24, 2.45) is 11.8 Å². The van der Waals surface area contributed by atoms with Gasteiger partial charge in [-0.3, -0.25) is 0 Å². The smallest absolute Gasteiger partial charge is 0.134 e. The van der Waals surface area contributed by atoms with E-state index in [1.165, 1.54) is 6.42 Å². The van der Waals surface area contributed by atoms with Gasteiger partial charge in [0.1, 0.15) is 5.82 Å². The molecule has 1 aliphatic heterocycles. The van der Waals surface area contributed by atoms with E-state index in [2.05, 4.69) is 38.7 Å². The lowest BCUT2D eigenvalue weighted by atomic mass is 9.85. The zero-order chi connectivity index (χ0) is 14.2. The number of piperidine rings is 1. The summed E-state index contributed by atoms with van der Waals surface area (Å²) in [7, 11) is 0. The number of rotatable bonds is 2.